The number of rotatable bonds is 5. The Kier molecular flexibility index (Phi) is 5.92. The molecule has 0 radical (unpaired) electrons. The lowest BCUT2D eigenvalue weighted by atomic mass is 9.99. The molecule has 0 saturated carbocycles. The van der Waals surface area contributed by atoms with Gasteiger partial charge in [-0.25, -0.2) is 0 Å². The van der Waals surface area contributed by atoms with E-state index in [0.29, 0.717) is 18.7 Å². The predicted octanol–water partition coefficient (Wildman–Crippen LogP) is 2.24. The molecule has 1 aliphatic rings. The Morgan fingerprint density at radius 1 is 1.23 bits per heavy atom. The highest BCUT2D eigenvalue weighted by Crippen LogP contribution is 2.15. The molecule has 1 N–H and O–H groups in total. The van der Waals surface area contributed by atoms with Gasteiger partial charge in [-0.2, -0.15) is 0 Å². The molecule has 0 aromatic carbocycles. The maximum Gasteiger partial charge on any atom is 0.253 e. The van der Waals surface area contributed by atoms with Gasteiger partial charge < -0.3 is 10.2 Å². The Hall–Kier alpha value is -1.91. The van der Waals surface area contributed by atoms with Crippen LogP contribution in [0.15, 0.2) is 24.5 Å². The quantitative estimate of drug-likeness (QED) is 0.907. The van der Waals surface area contributed by atoms with E-state index in [1.807, 2.05) is 18.7 Å². The van der Waals surface area contributed by atoms with Gasteiger partial charge in [0.05, 0.1) is 0 Å². The lowest BCUT2D eigenvalue weighted by Crippen LogP contribution is -2.47. The van der Waals surface area contributed by atoms with Gasteiger partial charge in [-0.05, 0) is 37.8 Å². The second-order valence-electron chi connectivity index (χ2n) is 5.82. The number of hydrogen-bond acceptors (Lipinski definition) is 3. The number of hydrogen-bond donors (Lipinski definition) is 1. The molecule has 0 atom stereocenters. The van der Waals surface area contributed by atoms with Crippen molar-refractivity contribution in [3.63, 3.8) is 0 Å². The van der Waals surface area contributed by atoms with Crippen molar-refractivity contribution >= 4 is 11.8 Å². The lowest BCUT2D eigenvalue weighted by molar-refractivity contribution is -0.126. The van der Waals surface area contributed by atoms with Crippen LogP contribution in [-0.2, 0) is 4.79 Å². The molecule has 22 heavy (non-hydrogen) atoms. The monoisotopic (exact) mass is 303 g/mol. The van der Waals surface area contributed by atoms with Gasteiger partial charge in [0.25, 0.3) is 5.91 Å². The first-order valence-electron chi connectivity index (χ1n) is 8.15. The van der Waals surface area contributed by atoms with Crippen molar-refractivity contribution in [2.24, 2.45) is 5.92 Å². The molecule has 2 amide bonds. The van der Waals surface area contributed by atoms with Crippen LogP contribution in [0.2, 0.25) is 0 Å². The van der Waals surface area contributed by atoms with E-state index in [9.17, 15) is 9.59 Å². The van der Waals surface area contributed by atoms with Gasteiger partial charge in [-0.3, -0.25) is 14.6 Å². The van der Waals surface area contributed by atoms with Crippen LogP contribution in [0.3, 0.4) is 0 Å². The Labute approximate surface area is 132 Å². The molecule has 0 unspecified atom stereocenters. The maximum atomic E-state index is 12.3. The van der Waals surface area contributed by atoms with Gasteiger partial charge in [0.1, 0.15) is 0 Å². The summed E-state index contributed by atoms with van der Waals surface area (Å²) in [6, 6.07) is 3.67. The Morgan fingerprint density at radius 2 is 1.82 bits per heavy atom. The molecule has 0 aliphatic carbocycles. The standard InChI is InChI=1S/C17H25N3O2/c1-3-13(4-2)16(21)19-15-7-11-20(12-8-15)17(22)14-5-9-18-10-6-14/h5-6,9-10,13,15H,3-4,7-8,11-12H2,1-2H3,(H,19,21). The summed E-state index contributed by atoms with van der Waals surface area (Å²) in [5.41, 5.74) is 0.675. The second-order valence-corrected chi connectivity index (χ2v) is 5.82. The molecule has 1 aromatic heterocycles. The zero-order valence-corrected chi connectivity index (χ0v) is 13.4. The summed E-state index contributed by atoms with van der Waals surface area (Å²) in [6.07, 6.45) is 6.67. The fourth-order valence-electron chi connectivity index (χ4n) is 2.88. The van der Waals surface area contributed by atoms with Gasteiger partial charge in [0, 0.05) is 43.0 Å². The smallest absolute Gasteiger partial charge is 0.253 e. The highest BCUT2D eigenvalue weighted by Gasteiger charge is 2.25. The number of likely N-dealkylation sites (tertiary alicyclic amines) is 1. The molecule has 1 saturated heterocycles. The summed E-state index contributed by atoms with van der Waals surface area (Å²) in [6.45, 7) is 5.47. The van der Waals surface area contributed by atoms with E-state index in [1.54, 1.807) is 24.5 Å². The number of amides is 2. The zero-order valence-electron chi connectivity index (χ0n) is 13.4. The van der Waals surface area contributed by atoms with Gasteiger partial charge >= 0.3 is 0 Å². The third kappa shape index (κ3) is 4.06. The molecule has 1 aromatic rings. The Balaban J connectivity index is 1.83. The molecule has 0 bridgehead atoms. The average Bonchev–Trinajstić information content (AvgIpc) is 2.57. The van der Waals surface area contributed by atoms with Crippen molar-refractivity contribution in [1.82, 2.24) is 15.2 Å². The van der Waals surface area contributed by atoms with Crippen molar-refractivity contribution in [1.29, 1.82) is 0 Å². The normalized spacial score (nSPS) is 15.9. The van der Waals surface area contributed by atoms with Gasteiger partial charge in [0.2, 0.25) is 5.91 Å². The first kappa shape index (κ1) is 16.5. The van der Waals surface area contributed by atoms with Crippen molar-refractivity contribution in [2.45, 2.75) is 45.6 Å². The van der Waals surface area contributed by atoms with Crippen LogP contribution >= 0.6 is 0 Å². The van der Waals surface area contributed by atoms with Crippen LogP contribution in [0.25, 0.3) is 0 Å². The van der Waals surface area contributed by atoms with E-state index in [4.69, 9.17) is 0 Å². The van der Waals surface area contributed by atoms with Crippen LogP contribution in [0.4, 0.5) is 0 Å². The van der Waals surface area contributed by atoms with Crippen LogP contribution in [0.1, 0.15) is 49.9 Å². The van der Waals surface area contributed by atoms with Crippen molar-refractivity contribution in [3.8, 4) is 0 Å². The number of nitrogens with one attached hydrogen (secondary N) is 1. The average molecular weight is 303 g/mol. The highest BCUT2D eigenvalue weighted by molar-refractivity contribution is 5.94. The SMILES string of the molecule is CCC(CC)C(=O)NC1CCN(C(=O)c2ccncc2)CC1. The fourth-order valence-corrected chi connectivity index (χ4v) is 2.88. The first-order valence-corrected chi connectivity index (χ1v) is 8.15. The number of piperidine rings is 1. The van der Waals surface area contributed by atoms with E-state index in [0.717, 1.165) is 25.7 Å². The molecule has 1 fully saturated rings. The van der Waals surface area contributed by atoms with Crippen LogP contribution < -0.4 is 5.32 Å². The van der Waals surface area contributed by atoms with Crippen molar-refractivity contribution < 1.29 is 9.59 Å². The van der Waals surface area contributed by atoms with E-state index in [1.165, 1.54) is 0 Å². The first-order chi connectivity index (χ1) is 10.7. The molecular weight excluding hydrogens is 278 g/mol. The van der Waals surface area contributed by atoms with Crippen LogP contribution in [-0.4, -0.2) is 40.8 Å². The summed E-state index contributed by atoms with van der Waals surface area (Å²) < 4.78 is 0. The summed E-state index contributed by atoms with van der Waals surface area (Å²) in [5, 5.41) is 3.13. The minimum Gasteiger partial charge on any atom is -0.353 e. The van der Waals surface area contributed by atoms with Crippen molar-refractivity contribution in [2.75, 3.05) is 13.1 Å². The van der Waals surface area contributed by atoms with E-state index < -0.39 is 0 Å². The lowest BCUT2D eigenvalue weighted by Gasteiger charge is -2.33. The molecule has 120 valence electrons. The third-order valence-electron chi connectivity index (χ3n) is 4.41. The largest absolute Gasteiger partial charge is 0.353 e. The van der Waals surface area contributed by atoms with Gasteiger partial charge in [-0.15, -0.1) is 0 Å². The van der Waals surface area contributed by atoms with E-state index in [2.05, 4.69) is 10.3 Å². The van der Waals surface area contributed by atoms with Gasteiger partial charge in [0.15, 0.2) is 0 Å². The van der Waals surface area contributed by atoms with E-state index >= 15 is 0 Å². The Bertz CT molecular complexity index is 492. The highest BCUT2D eigenvalue weighted by atomic mass is 16.2. The van der Waals surface area contributed by atoms with Crippen molar-refractivity contribution in [3.05, 3.63) is 30.1 Å². The minimum atomic E-state index is 0.0483. The molecule has 2 rings (SSSR count). The van der Waals surface area contributed by atoms with Gasteiger partial charge in [-0.1, -0.05) is 13.8 Å². The van der Waals surface area contributed by atoms with E-state index in [-0.39, 0.29) is 23.8 Å². The molecule has 2 heterocycles. The Morgan fingerprint density at radius 3 is 2.36 bits per heavy atom. The summed E-state index contributed by atoms with van der Waals surface area (Å²) in [5.74, 6) is 0.313. The molecule has 5 nitrogen and oxygen atoms in total. The molecule has 0 spiro atoms. The summed E-state index contributed by atoms with van der Waals surface area (Å²) in [4.78, 5) is 30.2. The maximum absolute atomic E-state index is 12.3. The minimum absolute atomic E-state index is 0.0483. The number of nitrogens with zero attached hydrogens (tertiary/aromatic N) is 2. The number of carbonyl (C=O) groups excluding carboxylic acids is 2. The third-order valence-corrected chi connectivity index (χ3v) is 4.41. The molecule has 1 aliphatic heterocycles. The zero-order chi connectivity index (χ0) is 15.9. The number of aromatic nitrogens is 1. The van der Waals surface area contributed by atoms with Crippen LogP contribution in [0, 0.1) is 5.92 Å². The predicted molar refractivity (Wildman–Crippen MR) is 85.4 cm³/mol. The topological polar surface area (TPSA) is 62.3 Å². The number of carbonyl (C=O) groups is 2. The van der Waals surface area contributed by atoms with Crippen LogP contribution in [0.5, 0.6) is 0 Å². The summed E-state index contributed by atoms with van der Waals surface area (Å²) >= 11 is 0. The second kappa shape index (κ2) is 7.92. The molecule has 5 heteroatoms. The molecular formula is C17H25N3O2. The summed E-state index contributed by atoms with van der Waals surface area (Å²) in [7, 11) is 0. The fraction of sp³-hybridized carbons (Fsp3) is 0.588. The number of pyridine rings is 1.